The summed E-state index contributed by atoms with van der Waals surface area (Å²) in [6.45, 7) is 5.42. The molecule has 0 radical (unpaired) electrons. The van der Waals surface area contributed by atoms with Crippen molar-refractivity contribution in [3.63, 3.8) is 0 Å². The third-order valence-electron chi connectivity index (χ3n) is 6.13. The summed E-state index contributed by atoms with van der Waals surface area (Å²) in [5.74, 6) is -1.60. The van der Waals surface area contributed by atoms with Gasteiger partial charge >= 0.3 is 11.9 Å². The van der Waals surface area contributed by atoms with E-state index in [-0.39, 0.29) is 6.42 Å². The van der Waals surface area contributed by atoms with Crippen LogP contribution in [0.5, 0.6) is 11.5 Å². The van der Waals surface area contributed by atoms with Crippen LogP contribution in [-0.2, 0) is 27.2 Å². The molecular formula is C31H36O6. The maximum atomic E-state index is 13.2. The molecule has 0 aliphatic heterocycles. The van der Waals surface area contributed by atoms with Crippen LogP contribution in [0.1, 0.15) is 38.3 Å². The molecule has 6 heteroatoms. The predicted molar refractivity (Wildman–Crippen MR) is 144 cm³/mol. The molecule has 3 aromatic rings. The molecule has 0 fully saturated rings. The van der Waals surface area contributed by atoms with Crippen LogP contribution in [-0.4, -0.2) is 36.9 Å². The number of carbonyl (C=O) groups is 2. The molecular weight excluding hydrogens is 468 g/mol. The third-order valence-corrected chi connectivity index (χ3v) is 6.13. The van der Waals surface area contributed by atoms with Gasteiger partial charge in [0, 0.05) is 0 Å². The Bertz CT molecular complexity index is 1180. The minimum absolute atomic E-state index is 0.152. The number of methoxy groups -OCH3 is 2. The van der Waals surface area contributed by atoms with E-state index in [9.17, 15) is 14.7 Å². The average molecular weight is 505 g/mol. The van der Waals surface area contributed by atoms with Gasteiger partial charge in [-0.05, 0) is 74.4 Å². The third kappa shape index (κ3) is 8.10. The fourth-order valence-corrected chi connectivity index (χ4v) is 4.30. The van der Waals surface area contributed by atoms with Crippen LogP contribution in [0.25, 0.3) is 11.1 Å². The molecule has 37 heavy (non-hydrogen) atoms. The number of carbonyl (C=O) groups excluding carboxylic acids is 1. The number of carboxylic acid groups (broad SMARTS) is 1. The molecule has 0 aromatic heterocycles. The first kappa shape index (κ1) is 27.8. The normalized spacial score (nSPS) is 12.9. The van der Waals surface area contributed by atoms with Crippen LogP contribution in [0.15, 0.2) is 72.8 Å². The Hall–Kier alpha value is -3.80. The van der Waals surface area contributed by atoms with E-state index in [1.807, 2.05) is 66.7 Å². The molecule has 3 aromatic carbocycles. The zero-order valence-corrected chi connectivity index (χ0v) is 22.2. The van der Waals surface area contributed by atoms with Gasteiger partial charge in [-0.25, -0.2) is 0 Å². The highest BCUT2D eigenvalue weighted by Crippen LogP contribution is 2.31. The van der Waals surface area contributed by atoms with Crippen molar-refractivity contribution in [1.82, 2.24) is 0 Å². The van der Waals surface area contributed by atoms with Crippen molar-refractivity contribution < 1.29 is 28.9 Å². The number of rotatable bonds is 11. The van der Waals surface area contributed by atoms with Gasteiger partial charge in [-0.1, -0.05) is 60.7 Å². The Morgan fingerprint density at radius 3 is 1.89 bits per heavy atom. The highest BCUT2D eigenvalue weighted by Gasteiger charge is 2.31. The van der Waals surface area contributed by atoms with Crippen molar-refractivity contribution in [3.8, 4) is 22.6 Å². The summed E-state index contributed by atoms with van der Waals surface area (Å²) in [6, 6.07) is 23.4. The minimum atomic E-state index is -0.937. The second kappa shape index (κ2) is 12.4. The van der Waals surface area contributed by atoms with Crippen LogP contribution >= 0.6 is 0 Å². The Morgan fingerprint density at radius 2 is 1.32 bits per heavy atom. The molecule has 196 valence electrons. The van der Waals surface area contributed by atoms with Crippen molar-refractivity contribution in [3.05, 3.63) is 83.9 Å². The summed E-state index contributed by atoms with van der Waals surface area (Å²) in [6.07, 6.45) is 0.792. The minimum Gasteiger partial charge on any atom is -0.493 e. The highest BCUT2D eigenvalue weighted by atomic mass is 16.6. The lowest BCUT2D eigenvalue weighted by molar-refractivity contribution is -0.161. The van der Waals surface area contributed by atoms with Crippen molar-refractivity contribution in [2.75, 3.05) is 14.2 Å². The Balaban J connectivity index is 1.81. The second-order valence-electron chi connectivity index (χ2n) is 10.2. The highest BCUT2D eigenvalue weighted by molar-refractivity contribution is 5.76. The lowest BCUT2D eigenvalue weighted by atomic mass is 9.85. The van der Waals surface area contributed by atoms with Crippen LogP contribution in [0.4, 0.5) is 0 Å². The molecule has 0 heterocycles. The lowest BCUT2D eigenvalue weighted by Crippen LogP contribution is -2.32. The Labute approximate surface area is 219 Å². The van der Waals surface area contributed by atoms with Crippen LogP contribution in [0.3, 0.4) is 0 Å². The number of benzene rings is 3. The molecule has 0 amide bonds. The summed E-state index contributed by atoms with van der Waals surface area (Å²) in [7, 11) is 3.11. The first-order chi connectivity index (χ1) is 17.6. The van der Waals surface area contributed by atoms with Crippen molar-refractivity contribution in [2.24, 2.45) is 11.8 Å². The van der Waals surface area contributed by atoms with Gasteiger partial charge in [0.15, 0.2) is 11.5 Å². The smallest absolute Gasteiger partial charge is 0.309 e. The van der Waals surface area contributed by atoms with Crippen LogP contribution in [0.2, 0.25) is 0 Å². The summed E-state index contributed by atoms with van der Waals surface area (Å²) < 4.78 is 16.4. The lowest BCUT2D eigenvalue weighted by Gasteiger charge is -2.26. The number of ether oxygens (including phenoxy) is 3. The SMILES string of the molecule is COc1ccc(C[C@H](C[C@@H](Cc2ccc(-c3ccccc3)cc2)C(=O)O)C(=O)OC(C)(C)C)cc1OC. The van der Waals surface area contributed by atoms with Gasteiger partial charge < -0.3 is 19.3 Å². The largest absolute Gasteiger partial charge is 0.493 e. The van der Waals surface area contributed by atoms with Crippen molar-refractivity contribution in [2.45, 2.75) is 45.6 Å². The summed E-state index contributed by atoms with van der Waals surface area (Å²) in [4.78, 5) is 25.5. The summed E-state index contributed by atoms with van der Waals surface area (Å²) >= 11 is 0. The maximum absolute atomic E-state index is 13.2. The fourth-order valence-electron chi connectivity index (χ4n) is 4.30. The number of esters is 1. The van der Waals surface area contributed by atoms with Crippen molar-refractivity contribution in [1.29, 1.82) is 0 Å². The monoisotopic (exact) mass is 504 g/mol. The first-order valence-electron chi connectivity index (χ1n) is 12.4. The summed E-state index contributed by atoms with van der Waals surface area (Å²) in [5.41, 5.74) is 3.23. The fraction of sp³-hybridized carbons (Fsp3) is 0.355. The molecule has 0 aliphatic carbocycles. The molecule has 1 N–H and O–H groups in total. The van der Waals surface area contributed by atoms with Crippen LogP contribution in [0, 0.1) is 11.8 Å². The van der Waals surface area contributed by atoms with E-state index in [2.05, 4.69) is 0 Å². The molecule has 2 atom stereocenters. The van der Waals surface area contributed by atoms with E-state index in [1.165, 1.54) is 0 Å². The molecule has 6 nitrogen and oxygen atoms in total. The van der Waals surface area contributed by atoms with Gasteiger partial charge in [0.05, 0.1) is 26.1 Å². The number of hydrogen-bond acceptors (Lipinski definition) is 5. The Morgan fingerprint density at radius 1 is 0.757 bits per heavy atom. The quantitative estimate of drug-likeness (QED) is 0.313. The molecule has 0 aliphatic rings. The zero-order chi connectivity index (χ0) is 27.0. The van der Waals surface area contributed by atoms with E-state index >= 15 is 0 Å². The zero-order valence-electron chi connectivity index (χ0n) is 22.2. The van der Waals surface area contributed by atoms with Gasteiger partial charge in [0.25, 0.3) is 0 Å². The maximum Gasteiger partial charge on any atom is 0.309 e. The van der Waals surface area contributed by atoms with E-state index in [0.29, 0.717) is 24.3 Å². The van der Waals surface area contributed by atoms with E-state index in [4.69, 9.17) is 14.2 Å². The molecule has 0 bridgehead atoms. The number of aliphatic carboxylic acids is 1. The molecule has 0 saturated heterocycles. The predicted octanol–water partition coefficient (Wildman–Crippen LogP) is 6.20. The van der Waals surface area contributed by atoms with Crippen molar-refractivity contribution >= 4 is 11.9 Å². The van der Waals surface area contributed by atoms with E-state index in [1.54, 1.807) is 41.1 Å². The van der Waals surface area contributed by atoms with E-state index in [0.717, 1.165) is 22.3 Å². The van der Waals surface area contributed by atoms with Gasteiger partial charge in [-0.3, -0.25) is 9.59 Å². The van der Waals surface area contributed by atoms with Gasteiger partial charge in [0.2, 0.25) is 0 Å². The topological polar surface area (TPSA) is 82.1 Å². The molecule has 0 unspecified atom stereocenters. The van der Waals surface area contributed by atoms with Crippen LogP contribution < -0.4 is 9.47 Å². The Kier molecular flexibility index (Phi) is 9.34. The molecule has 0 saturated carbocycles. The van der Waals surface area contributed by atoms with Gasteiger partial charge in [-0.15, -0.1) is 0 Å². The number of carboxylic acids is 1. The number of hydrogen-bond donors (Lipinski definition) is 1. The average Bonchev–Trinajstić information content (AvgIpc) is 2.87. The van der Waals surface area contributed by atoms with Gasteiger partial charge in [-0.2, -0.15) is 0 Å². The molecule has 0 spiro atoms. The second-order valence-corrected chi connectivity index (χ2v) is 10.2. The first-order valence-corrected chi connectivity index (χ1v) is 12.4. The van der Waals surface area contributed by atoms with E-state index < -0.39 is 29.4 Å². The van der Waals surface area contributed by atoms with Gasteiger partial charge in [0.1, 0.15) is 5.60 Å². The molecule has 3 rings (SSSR count). The standard InChI is InChI=1S/C31H36O6/c1-31(2,3)37-30(34)26(18-22-13-16-27(35-4)28(19-22)36-5)20-25(29(32)33)17-21-11-14-24(15-12-21)23-9-7-6-8-10-23/h6-16,19,25-26H,17-18,20H2,1-5H3,(H,32,33)/t25-,26-/m1/s1. The summed E-state index contributed by atoms with van der Waals surface area (Å²) in [5, 5.41) is 10.1.